The first kappa shape index (κ1) is 27.9. The van der Waals surface area contributed by atoms with Gasteiger partial charge in [0.1, 0.15) is 18.2 Å². The van der Waals surface area contributed by atoms with Crippen LogP contribution in [0.3, 0.4) is 0 Å². The maximum atomic E-state index is 5.69. The number of benzene rings is 3. The molecule has 194 valence electrons. The lowest BCUT2D eigenvalue weighted by molar-refractivity contribution is 0.299. The molecule has 0 aliphatic rings. The number of hydrogen-bond acceptors (Lipinski definition) is 7. The van der Waals surface area contributed by atoms with Crippen molar-refractivity contribution >= 4 is 67.7 Å². The van der Waals surface area contributed by atoms with Crippen LogP contribution in [-0.2, 0) is 22.7 Å². The summed E-state index contributed by atoms with van der Waals surface area (Å²) in [5.41, 5.74) is 6.21. The standard InChI is InChI=1S/C29H27N3O2S4/c1-20-3-10-24(11-4-20)31-28(35)33-18-22-7-14-26(15-8-22)37-38-27-16-9-23(17-30-27)19-34-29(36)32-25-12-5-21(2)6-13-25/h3-17H,18-19H2,1-2H3,(H,31,35)(H,32,36). The predicted octanol–water partition coefficient (Wildman–Crippen LogP) is 8.33. The molecule has 0 fully saturated rings. The lowest BCUT2D eigenvalue weighted by atomic mass is 10.2. The zero-order valence-electron chi connectivity index (χ0n) is 21.0. The molecule has 4 rings (SSSR count). The second-order valence-electron chi connectivity index (χ2n) is 8.45. The molecule has 1 aromatic heterocycles. The predicted molar refractivity (Wildman–Crippen MR) is 167 cm³/mol. The largest absolute Gasteiger partial charge is 0.466 e. The highest BCUT2D eigenvalue weighted by Crippen LogP contribution is 2.36. The Bertz CT molecular complexity index is 1240. The summed E-state index contributed by atoms with van der Waals surface area (Å²) in [6.45, 7) is 4.86. The van der Waals surface area contributed by atoms with E-state index >= 15 is 0 Å². The third-order valence-electron chi connectivity index (χ3n) is 5.28. The van der Waals surface area contributed by atoms with E-state index in [9.17, 15) is 0 Å². The summed E-state index contributed by atoms with van der Waals surface area (Å²) in [5.74, 6) is 0. The van der Waals surface area contributed by atoms with Gasteiger partial charge in [-0.2, -0.15) is 0 Å². The van der Waals surface area contributed by atoms with Crippen molar-refractivity contribution in [3.63, 3.8) is 0 Å². The topological polar surface area (TPSA) is 55.4 Å². The average Bonchev–Trinajstić information content (AvgIpc) is 2.93. The lowest BCUT2D eigenvalue weighted by Gasteiger charge is -2.10. The number of hydrogen-bond donors (Lipinski definition) is 2. The highest BCUT2D eigenvalue weighted by atomic mass is 33.1. The first-order valence-electron chi connectivity index (χ1n) is 11.8. The lowest BCUT2D eigenvalue weighted by Crippen LogP contribution is -2.13. The minimum absolute atomic E-state index is 0.334. The summed E-state index contributed by atoms with van der Waals surface area (Å²) in [5, 5.41) is 7.78. The van der Waals surface area contributed by atoms with E-state index in [0.717, 1.165) is 32.4 Å². The van der Waals surface area contributed by atoms with E-state index in [-0.39, 0.29) is 0 Å². The van der Waals surface area contributed by atoms with E-state index in [1.807, 2.05) is 92.8 Å². The van der Waals surface area contributed by atoms with Crippen molar-refractivity contribution < 1.29 is 9.47 Å². The molecule has 0 spiro atoms. The molecule has 3 aromatic carbocycles. The number of aryl methyl sites for hydroxylation is 2. The normalized spacial score (nSPS) is 10.5. The molecule has 0 unspecified atom stereocenters. The monoisotopic (exact) mass is 577 g/mol. The zero-order chi connectivity index (χ0) is 26.7. The SMILES string of the molecule is Cc1ccc(NC(=S)OCc2ccc(SSc3ccc(COC(=S)Nc4ccc(C)cc4)cn3)cc2)cc1. The summed E-state index contributed by atoms with van der Waals surface area (Å²) < 4.78 is 11.3. The summed E-state index contributed by atoms with van der Waals surface area (Å²) in [4.78, 5) is 5.65. The highest BCUT2D eigenvalue weighted by molar-refractivity contribution is 8.76. The molecule has 38 heavy (non-hydrogen) atoms. The molecule has 5 nitrogen and oxygen atoms in total. The van der Waals surface area contributed by atoms with Crippen molar-refractivity contribution in [2.45, 2.75) is 37.0 Å². The van der Waals surface area contributed by atoms with Crippen molar-refractivity contribution in [2.24, 2.45) is 0 Å². The van der Waals surface area contributed by atoms with Gasteiger partial charge < -0.3 is 20.1 Å². The van der Waals surface area contributed by atoms with Crippen LogP contribution in [0.15, 0.2) is 101 Å². The Kier molecular flexibility index (Phi) is 10.4. The van der Waals surface area contributed by atoms with Crippen molar-refractivity contribution in [3.8, 4) is 0 Å². The fraction of sp³-hybridized carbons (Fsp3) is 0.138. The Morgan fingerprint density at radius 3 is 1.66 bits per heavy atom. The van der Waals surface area contributed by atoms with Crippen LogP contribution in [0.25, 0.3) is 0 Å². The number of ether oxygens (including phenoxy) is 2. The molecule has 0 atom stereocenters. The van der Waals surface area contributed by atoms with Crippen LogP contribution in [0, 0.1) is 13.8 Å². The molecule has 0 saturated carbocycles. The van der Waals surface area contributed by atoms with Gasteiger partial charge in [-0.25, -0.2) is 4.98 Å². The van der Waals surface area contributed by atoms with Crippen LogP contribution < -0.4 is 10.6 Å². The van der Waals surface area contributed by atoms with Gasteiger partial charge >= 0.3 is 0 Å². The second kappa shape index (κ2) is 14.2. The molecule has 0 bridgehead atoms. The average molecular weight is 578 g/mol. The third kappa shape index (κ3) is 9.33. The molecule has 9 heteroatoms. The molecule has 2 N–H and O–H groups in total. The van der Waals surface area contributed by atoms with E-state index in [4.69, 9.17) is 33.9 Å². The maximum absolute atomic E-state index is 5.69. The van der Waals surface area contributed by atoms with Gasteiger partial charge in [0.25, 0.3) is 10.3 Å². The Hall–Kier alpha value is -3.11. The number of rotatable bonds is 9. The molecule has 4 aromatic rings. The van der Waals surface area contributed by atoms with Crippen molar-refractivity contribution in [2.75, 3.05) is 10.6 Å². The molecule has 0 aliphatic heterocycles. The second-order valence-corrected chi connectivity index (χ2v) is 11.4. The first-order valence-corrected chi connectivity index (χ1v) is 14.8. The molecule has 0 aliphatic carbocycles. The Labute approximate surface area is 242 Å². The molecular formula is C29H27N3O2S4. The molecule has 0 radical (unpaired) electrons. The summed E-state index contributed by atoms with van der Waals surface area (Å²) in [7, 11) is 3.25. The fourth-order valence-electron chi connectivity index (χ4n) is 3.16. The van der Waals surface area contributed by atoms with Crippen LogP contribution in [0.1, 0.15) is 22.3 Å². The minimum atomic E-state index is 0.334. The molecule has 1 heterocycles. The Morgan fingerprint density at radius 2 is 1.16 bits per heavy atom. The van der Waals surface area contributed by atoms with Crippen LogP contribution >= 0.6 is 46.0 Å². The van der Waals surface area contributed by atoms with Crippen molar-refractivity contribution in [3.05, 3.63) is 113 Å². The summed E-state index contributed by atoms with van der Waals surface area (Å²) in [6, 6.07) is 28.2. The van der Waals surface area contributed by atoms with Crippen LogP contribution in [0.2, 0.25) is 0 Å². The number of nitrogens with one attached hydrogen (secondary N) is 2. The number of nitrogens with zero attached hydrogens (tertiary/aromatic N) is 1. The summed E-state index contributed by atoms with van der Waals surface area (Å²) >= 11 is 10.6. The van der Waals surface area contributed by atoms with Crippen molar-refractivity contribution in [1.82, 2.24) is 4.98 Å². The first-order chi connectivity index (χ1) is 18.4. The molecular weight excluding hydrogens is 551 g/mol. The van der Waals surface area contributed by atoms with Gasteiger partial charge in [0.05, 0.1) is 0 Å². The van der Waals surface area contributed by atoms with Gasteiger partial charge in [0, 0.05) is 28.0 Å². The van der Waals surface area contributed by atoms with Crippen molar-refractivity contribution in [1.29, 1.82) is 0 Å². The van der Waals surface area contributed by atoms with E-state index in [1.54, 1.807) is 21.6 Å². The smallest absolute Gasteiger partial charge is 0.261 e. The highest BCUT2D eigenvalue weighted by Gasteiger charge is 2.05. The van der Waals surface area contributed by atoms with E-state index in [2.05, 4.69) is 27.8 Å². The van der Waals surface area contributed by atoms with Gasteiger partial charge in [-0.15, -0.1) is 0 Å². The van der Waals surface area contributed by atoms with Gasteiger partial charge in [-0.05, 0) is 97.1 Å². The minimum Gasteiger partial charge on any atom is -0.466 e. The number of thiocarbonyl (C=S) groups is 2. The zero-order valence-corrected chi connectivity index (χ0v) is 24.2. The quantitative estimate of drug-likeness (QED) is 0.151. The van der Waals surface area contributed by atoms with Gasteiger partial charge in [-0.3, -0.25) is 0 Å². The molecule has 0 saturated heterocycles. The van der Waals surface area contributed by atoms with E-state index in [1.165, 1.54) is 11.1 Å². The van der Waals surface area contributed by atoms with Crippen LogP contribution in [0.5, 0.6) is 0 Å². The van der Waals surface area contributed by atoms with Crippen LogP contribution in [-0.4, -0.2) is 15.3 Å². The number of aromatic nitrogens is 1. The van der Waals surface area contributed by atoms with E-state index < -0.39 is 0 Å². The van der Waals surface area contributed by atoms with Crippen LogP contribution in [0.4, 0.5) is 11.4 Å². The van der Waals surface area contributed by atoms with Gasteiger partial charge in [-0.1, -0.05) is 64.4 Å². The van der Waals surface area contributed by atoms with E-state index in [0.29, 0.717) is 23.6 Å². The fourth-order valence-corrected chi connectivity index (χ4v) is 5.33. The number of pyridine rings is 1. The Morgan fingerprint density at radius 1 is 0.658 bits per heavy atom. The summed E-state index contributed by atoms with van der Waals surface area (Å²) in [6.07, 6.45) is 1.81. The Balaban J connectivity index is 1.16. The van der Waals surface area contributed by atoms with Gasteiger partial charge in [0.15, 0.2) is 0 Å². The van der Waals surface area contributed by atoms with Gasteiger partial charge in [0.2, 0.25) is 0 Å². The number of anilines is 2. The maximum Gasteiger partial charge on any atom is 0.261 e. The molecule has 0 amide bonds. The third-order valence-corrected chi connectivity index (χ3v) is 8.02.